The molecule has 23 heavy (non-hydrogen) atoms. The van der Waals surface area contributed by atoms with Crippen LogP contribution in [0.2, 0.25) is 0 Å². The van der Waals surface area contributed by atoms with E-state index < -0.39 is 0 Å². The third kappa shape index (κ3) is 4.49. The molecule has 0 aliphatic carbocycles. The van der Waals surface area contributed by atoms with Gasteiger partial charge in [0.15, 0.2) is 0 Å². The highest BCUT2D eigenvalue weighted by atomic mass is 16.2. The van der Waals surface area contributed by atoms with Crippen molar-refractivity contribution >= 4 is 11.7 Å². The summed E-state index contributed by atoms with van der Waals surface area (Å²) in [7, 11) is 0. The maximum atomic E-state index is 12.0. The van der Waals surface area contributed by atoms with E-state index in [1.807, 2.05) is 36.4 Å². The van der Waals surface area contributed by atoms with Gasteiger partial charge in [-0.15, -0.1) is 0 Å². The molecule has 0 aromatic heterocycles. The van der Waals surface area contributed by atoms with E-state index in [2.05, 4.69) is 39.8 Å². The molecule has 0 unspecified atom stereocenters. The second-order valence-electron chi connectivity index (χ2n) is 5.91. The van der Waals surface area contributed by atoms with Gasteiger partial charge in [0.1, 0.15) is 0 Å². The minimum atomic E-state index is -0.0768. The van der Waals surface area contributed by atoms with Gasteiger partial charge in [0.25, 0.3) is 0 Å². The number of nitrogens with zero attached hydrogens (tertiary/aromatic N) is 1. The predicted octanol–water partition coefficient (Wildman–Crippen LogP) is 3.15. The molecule has 0 radical (unpaired) electrons. The van der Waals surface area contributed by atoms with Gasteiger partial charge in [-0.05, 0) is 30.5 Å². The Morgan fingerprint density at radius 2 is 1.57 bits per heavy atom. The van der Waals surface area contributed by atoms with Crippen molar-refractivity contribution in [1.82, 2.24) is 10.6 Å². The maximum Gasteiger partial charge on any atom is 0.315 e. The lowest BCUT2D eigenvalue weighted by molar-refractivity contribution is 0.234. The number of amides is 2. The molecule has 0 spiro atoms. The SMILES string of the molecule is O=C(NCc1ccccc1)NC1CCN(c2ccccc2)CC1. The van der Waals surface area contributed by atoms with Crippen LogP contribution in [-0.2, 0) is 6.54 Å². The van der Waals surface area contributed by atoms with E-state index in [-0.39, 0.29) is 12.1 Å². The van der Waals surface area contributed by atoms with E-state index in [9.17, 15) is 4.79 Å². The van der Waals surface area contributed by atoms with Crippen molar-refractivity contribution in [2.45, 2.75) is 25.4 Å². The average Bonchev–Trinajstić information content (AvgIpc) is 2.62. The molecule has 4 heteroatoms. The number of benzene rings is 2. The number of nitrogens with one attached hydrogen (secondary N) is 2. The molecule has 2 aromatic rings. The molecular formula is C19H23N3O. The van der Waals surface area contributed by atoms with Gasteiger partial charge in [0.2, 0.25) is 0 Å². The second kappa shape index (κ2) is 7.68. The molecule has 0 saturated carbocycles. The summed E-state index contributed by atoms with van der Waals surface area (Å²) in [5.41, 5.74) is 2.38. The van der Waals surface area contributed by atoms with Crippen LogP contribution in [0.4, 0.5) is 10.5 Å². The predicted molar refractivity (Wildman–Crippen MR) is 93.5 cm³/mol. The normalized spacial score (nSPS) is 15.2. The van der Waals surface area contributed by atoms with Gasteiger partial charge in [-0.2, -0.15) is 0 Å². The number of hydrogen-bond acceptors (Lipinski definition) is 2. The quantitative estimate of drug-likeness (QED) is 0.911. The number of carbonyl (C=O) groups is 1. The molecule has 1 saturated heterocycles. The van der Waals surface area contributed by atoms with Crippen molar-refractivity contribution in [2.75, 3.05) is 18.0 Å². The number of carbonyl (C=O) groups excluding carboxylic acids is 1. The zero-order chi connectivity index (χ0) is 15.9. The number of rotatable bonds is 4. The van der Waals surface area contributed by atoms with Gasteiger partial charge in [0, 0.05) is 31.4 Å². The Hall–Kier alpha value is -2.49. The van der Waals surface area contributed by atoms with Gasteiger partial charge in [-0.3, -0.25) is 0 Å². The van der Waals surface area contributed by atoms with Crippen LogP contribution in [0.25, 0.3) is 0 Å². The fourth-order valence-corrected chi connectivity index (χ4v) is 2.94. The first-order valence-corrected chi connectivity index (χ1v) is 8.19. The molecule has 2 amide bonds. The van der Waals surface area contributed by atoms with Crippen LogP contribution < -0.4 is 15.5 Å². The van der Waals surface area contributed by atoms with Gasteiger partial charge in [0.05, 0.1) is 0 Å². The smallest absolute Gasteiger partial charge is 0.315 e. The summed E-state index contributed by atoms with van der Waals surface area (Å²) in [6, 6.07) is 20.6. The molecule has 3 rings (SSSR count). The molecule has 1 heterocycles. The van der Waals surface area contributed by atoms with E-state index in [4.69, 9.17) is 0 Å². The van der Waals surface area contributed by atoms with Crippen molar-refractivity contribution in [1.29, 1.82) is 0 Å². The third-order valence-corrected chi connectivity index (χ3v) is 4.25. The van der Waals surface area contributed by atoms with Crippen LogP contribution in [0.15, 0.2) is 60.7 Å². The van der Waals surface area contributed by atoms with Gasteiger partial charge in [-0.25, -0.2) is 4.79 Å². The standard InChI is InChI=1S/C19H23N3O/c23-19(20-15-16-7-3-1-4-8-16)21-17-11-13-22(14-12-17)18-9-5-2-6-10-18/h1-10,17H,11-15H2,(H2,20,21,23). The van der Waals surface area contributed by atoms with E-state index in [1.165, 1.54) is 5.69 Å². The lowest BCUT2D eigenvalue weighted by Gasteiger charge is -2.34. The Labute approximate surface area is 137 Å². The Morgan fingerprint density at radius 3 is 2.22 bits per heavy atom. The van der Waals surface area contributed by atoms with Crippen molar-refractivity contribution < 1.29 is 4.79 Å². The van der Waals surface area contributed by atoms with Crippen LogP contribution in [0.5, 0.6) is 0 Å². The highest BCUT2D eigenvalue weighted by molar-refractivity contribution is 5.74. The Kier molecular flexibility index (Phi) is 5.14. The Morgan fingerprint density at radius 1 is 0.957 bits per heavy atom. The van der Waals surface area contributed by atoms with Crippen LogP contribution in [0.1, 0.15) is 18.4 Å². The monoisotopic (exact) mass is 309 g/mol. The van der Waals surface area contributed by atoms with Crippen LogP contribution in [0, 0.1) is 0 Å². The van der Waals surface area contributed by atoms with Crippen LogP contribution in [0.3, 0.4) is 0 Å². The van der Waals surface area contributed by atoms with Crippen LogP contribution >= 0.6 is 0 Å². The molecule has 120 valence electrons. The van der Waals surface area contributed by atoms with E-state index in [1.54, 1.807) is 0 Å². The third-order valence-electron chi connectivity index (χ3n) is 4.25. The fourth-order valence-electron chi connectivity index (χ4n) is 2.94. The summed E-state index contributed by atoms with van der Waals surface area (Å²) < 4.78 is 0. The first kappa shape index (κ1) is 15.4. The summed E-state index contributed by atoms with van der Waals surface area (Å²) >= 11 is 0. The fraction of sp³-hybridized carbons (Fsp3) is 0.316. The highest BCUT2D eigenvalue weighted by Crippen LogP contribution is 2.19. The molecule has 2 aromatic carbocycles. The summed E-state index contributed by atoms with van der Waals surface area (Å²) in [5, 5.41) is 6.01. The summed E-state index contributed by atoms with van der Waals surface area (Å²) in [4.78, 5) is 14.4. The van der Waals surface area contributed by atoms with Gasteiger partial charge < -0.3 is 15.5 Å². The average molecular weight is 309 g/mol. The number of urea groups is 1. The maximum absolute atomic E-state index is 12.0. The van der Waals surface area contributed by atoms with Crippen molar-refractivity contribution in [3.63, 3.8) is 0 Å². The topological polar surface area (TPSA) is 44.4 Å². The van der Waals surface area contributed by atoms with E-state index in [0.717, 1.165) is 31.5 Å². The summed E-state index contributed by atoms with van der Waals surface area (Å²) in [6.07, 6.45) is 1.96. The molecule has 0 bridgehead atoms. The van der Waals surface area contributed by atoms with Gasteiger partial charge >= 0.3 is 6.03 Å². The lowest BCUT2D eigenvalue weighted by atomic mass is 10.0. The minimum absolute atomic E-state index is 0.0768. The highest BCUT2D eigenvalue weighted by Gasteiger charge is 2.20. The minimum Gasteiger partial charge on any atom is -0.371 e. The molecule has 4 nitrogen and oxygen atoms in total. The second-order valence-corrected chi connectivity index (χ2v) is 5.91. The Bertz CT molecular complexity index is 607. The number of anilines is 1. The molecule has 2 N–H and O–H groups in total. The molecule has 1 aliphatic rings. The van der Waals surface area contributed by atoms with Crippen LogP contribution in [-0.4, -0.2) is 25.2 Å². The number of para-hydroxylation sites is 1. The molecule has 0 atom stereocenters. The zero-order valence-corrected chi connectivity index (χ0v) is 13.2. The summed E-state index contributed by atoms with van der Waals surface area (Å²) in [6.45, 7) is 2.52. The first-order valence-electron chi connectivity index (χ1n) is 8.19. The lowest BCUT2D eigenvalue weighted by Crippen LogP contribution is -2.47. The molecular weight excluding hydrogens is 286 g/mol. The number of hydrogen-bond donors (Lipinski definition) is 2. The first-order chi connectivity index (χ1) is 11.3. The number of piperidine rings is 1. The van der Waals surface area contributed by atoms with E-state index in [0.29, 0.717) is 6.54 Å². The largest absolute Gasteiger partial charge is 0.371 e. The van der Waals surface area contributed by atoms with Crippen molar-refractivity contribution in [3.05, 3.63) is 66.2 Å². The zero-order valence-electron chi connectivity index (χ0n) is 13.2. The molecule has 1 aliphatic heterocycles. The van der Waals surface area contributed by atoms with Crippen molar-refractivity contribution in [3.8, 4) is 0 Å². The van der Waals surface area contributed by atoms with E-state index >= 15 is 0 Å². The summed E-state index contributed by atoms with van der Waals surface area (Å²) in [5.74, 6) is 0. The van der Waals surface area contributed by atoms with Gasteiger partial charge in [-0.1, -0.05) is 48.5 Å². The van der Waals surface area contributed by atoms with Crippen molar-refractivity contribution in [2.24, 2.45) is 0 Å². The molecule has 1 fully saturated rings. The Balaban J connectivity index is 1.41.